The van der Waals surface area contributed by atoms with Crippen molar-refractivity contribution in [1.82, 2.24) is 0 Å². The third-order valence-electron chi connectivity index (χ3n) is 8.63. The van der Waals surface area contributed by atoms with Crippen LogP contribution in [0.5, 0.6) is 0 Å². The Bertz CT molecular complexity index is 678. The van der Waals surface area contributed by atoms with Crippen molar-refractivity contribution in [2.24, 2.45) is 35.0 Å². The quantitative estimate of drug-likeness (QED) is 0.473. The van der Waals surface area contributed by atoms with Crippen molar-refractivity contribution in [2.45, 2.75) is 92.1 Å². The molecule has 162 valence electrons. The summed E-state index contributed by atoms with van der Waals surface area (Å²) in [6.07, 6.45) is 18.8. The van der Waals surface area contributed by atoms with Gasteiger partial charge in [-0.05, 0) is 91.9 Å². The van der Waals surface area contributed by atoms with Crippen molar-refractivity contribution in [3.63, 3.8) is 0 Å². The molecule has 3 saturated carbocycles. The first kappa shape index (κ1) is 22.6. The number of hydrogen-bond donors (Lipinski definition) is 1. The molecule has 29 heavy (non-hydrogen) atoms. The fourth-order valence-corrected chi connectivity index (χ4v) is 6.25. The van der Waals surface area contributed by atoms with Gasteiger partial charge >= 0.3 is 0 Å². The predicted octanol–water partition coefficient (Wildman–Crippen LogP) is 7.64. The number of hydrogen-bond acceptors (Lipinski definition) is 1. The highest BCUT2D eigenvalue weighted by molar-refractivity contribution is 5.36. The van der Waals surface area contributed by atoms with Crippen molar-refractivity contribution in [3.05, 3.63) is 47.6 Å². The molecule has 0 spiro atoms. The van der Waals surface area contributed by atoms with Gasteiger partial charge in [-0.3, -0.25) is 0 Å². The summed E-state index contributed by atoms with van der Waals surface area (Å²) in [7, 11) is 0. The maximum absolute atomic E-state index is 10.0. The molecule has 0 amide bonds. The summed E-state index contributed by atoms with van der Waals surface area (Å²) in [5, 5.41) is 10.0. The Morgan fingerprint density at radius 2 is 1.79 bits per heavy atom. The largest absolute Gasteiger partial charge is 0.393 e. The second-order valence-corrected chi connectivity index (χ2v) is 10.9. The first-order chi connectivity index (χ1) is 13.7. The smallest absolute Gasteiger partial charge is 0.0583 e. The molecular formula is C28H44O. The number of aliphatic hydroxyl groups is 1. The minimum absolute atomic E-state index is 0.182. The molecule has 0 saturated heterocycles. The number of rotatable bonds is 5. The molecule has 3 aliphatic rings. The summed E-state index contributed by atoms with van der Waals surface area (Å²) in [5.41, 5.74) is 4.61. The first-order valence-corrected chi connectivity index (χ1v) is 12.2. The lowest BCUT2D eigenvalue weighted by Crippen LogP contribution is -2.35. The van der Waals surface area contributed by atoms with E-state index >= 15 is 0 Å². The summed E-state index contributed by atoms with van der Waals surface area (Å²) in [6, 6.07) is 0. The van der Waals surface area contributed by atoms with Crippen LogP contribution in [0.3, 0.4) is 0 Å². The summed E-state index contributed by atoms with van der Waals surface area (Å²) in [5.74, 6) is 3.58. The maximum atomic E-state index is 10.0. The first-order valence-electron chi connectivity index (χ1n) is 12.2. The summed E-state index contributed by atoms with van der Waals surface area (Å²) in [4.78, 5) is 0. The number of allylic oxidation sites excluding steroid dienone is 6. The molecule has 0 aromatic rings. The Morgan fingerprint density at radius 3 is 2.52 bits per heavy atom. The zero-order chi connectivity index (χ0) is 21.2. The van der Waals surface area contributed by atoms with Gasteiger partial charge in [-0.1, -0.05) is 76.6 Å². The summed E-state index contributed by atoms with van der Waals surface area (Å²) in [6.45, 7) is 16.3. The molecule has 3 fully saturated rings. The van der Waals surface area contributed by atoms with Gasteiger partial charge in [-0.25, -0.2) is 0 Å². The summed E-state index contributed by atoms with van der Waals surface area (Å²) < 4.78 is 0. The Kier molecular flexibility index (Phi) is 7.31. The van der Waals surface area contributed by atoms with Crippen molar-refractivity contribution in [3.8, 4) is 0 Å². The van der Waals surface area contributed by atoms with Gasteiger partial charge in [-0.15, -0.1) is 0 Å². The average molecular weight is 397 g/mol. The molecule has 6 atom stereocenters. The Balaban J connectivity index is 1.75. The van der Waals surface area contributed by atoms with E-state index in [-0.39, 0.29) is 6.10 Å². The highest BCUT2D eigenvalue weighted by Gasteiger charge is 2.50. The monoisotopic (exact) mass is 396 g/mol. The molecule has 3 aliphatic carbocycles. The van der Waals surface area contributed by atoms with E-state index in [4.69, 9.17) is 0 Å². The van der Waals surface area contributed by atoms with Gasteiger partial charge in [0.25, 0.3) is 0 Å². The third kappa shape index (κ3) is 4.98. The molecule has 0 bridgehead atoms. The molecule has 1 nitrogen and oxygen atoms in total. The topological polar surface area (TPSA) is 20.2 Å². The Hall–Kier alpha value is -1.08. The van der Waals surface area contributed by atoms with Gasteiger partial charge in [0.1, 0.15) is 0 Å². The van der Waals surface area contributed by atoms with E-state index in [9.17, 15) is 5.11 Å². The fraction of sp³-hybridized carbons (Fsp3) is 0.714. The van der Waals surface area contributed by atoms with E-state index in [1.807, 2.05) is 0 Å². The van der Waals surface area contributed by atoms with Crippen molar-refractivity contribution < 1.29 is 5.11 Å². The molecule has 0 aromatic heterocycles. The predicted molar refractivity (Wildman–Crippen MR) is 126 cm³/mol. The van der Waals surface area contributed by atoms with Crippen LogP contribution in [-0.4, -0.2) is 11.2 Å². The molecule has 0 aliphatic heterocycles. The van der Waals surface area contributed by atoms with Crippen LogP contribution in [0.4, 0.5) is 0 Å². The van der Waals surface area contributed by atoms with Gasteiger partial charge in [0, 0.05) is 0 Å². The lowest BCUT2D eigenvalue weighted by atomic mass is 9.61. The van der Waals surface area contributed by atoms with Gasteiger partial charge in [0.05, 0.1) is 6.10 Å². The minimum Gasteiger partial charge on any atom is -0.393 e. The van der Waals surface area contributed by atoms with Crippen LogP contribution < -0.4 is 0 Å². The van der Waals surface area contributed by atoms with Crippen molar-refractivity contribution >= 4 is 0 Å². The number of fused-ring (bicyclic) bond motifs is 1. The van der Waals surface area contributed by atoms with E-state index in [2.05, 4.69) is 65.5 Å². The molecule has 1 N–H and O–H groups in total. The molecule has 0 aromatic carbocycles. The van der Waals surface area contributed by atoms with Gasteiger partial charge in [-0.2, -0.15) is 0 Å². The second kappa shape index (κ2) is 9.38. The molecule has 1 heteroatoms. The number of aliphatic hydroxyl groups excluding tert-OH is 1. The molecule has 3 rings (SSSR count). The Labute approximate surface area is 180 Å². The van der Waals surface area contributed by atoms with E-state index in [1.165, 1.54) is 43.3 Å². The van der Waals surface area contributed by atoms with Gasteiger partial charge < -0.3 is 5.11 Å². The van der Waals surface area contributed by atoms with Crippen LogP contribution in [0, 0.1) is 35.0 Å². The highest BCUT2D eigenvalue weighted by Crippen LogP contribution is 2.59. The highest BCUT2D eigenvalue weighted by atomic mass is 16.3. The Morgan fingerprint density at radius 1 is 1.03 bits per heavy atom. The van der Waals surface area contributed by atoms with Gasteiger partial charge in [0.15, 0.2) is 0 Å². The van der Waals surface area contributed by atoms with Crippen LogP contribution in [-0.2, 0) is 0 Å². The fourth-order valence-electron chi connectivity index (χ4n) is 6.25. The molecular weight excluding hydrogens is 352 g/mol. The van der Waals surface area contributed by atoms with Gasteiger partial charge in [0.2, 0.25) is 0 Å². The summed E-state index contributed by atoms with van der Waals surface area (Å²) >= 11 is 0. The SMILES string of the molecule is C=C1CC[C@H](O)C/C1=C\C=C1/CCC[C@@]2(C)C1CCC2[C@H](C)/C=C/[C@H](C)C(C)C. The second-order valence-electron chi connectivity index (χ2n) is 10.9. The third-order valence-corrected chi connectivity index (χ3v) is 8.63. The maximum Gasteiger partial charge on any atom is 0.0583 e. The normalized spacial score (nSPS) is 38.2. The van der Waals surface area contributed by atoms with Crippen LogP contribution in [0.25, 0.3) is 0 Å². The van der Waals surface area contributed by atoms with Crippen molar-refractivity contribution in [1.29, 1.82) is 0 Å². The molecule has 0 heterocycles. The van der Waals surface area contributed by atoms with E-state index in [1.54, 1.807) is 5.57 Å². The standard InChI is InChI=1S/C28H44O/c1-19(2)20(3)9-10-22(5)26-15-16-27-23(8-7-17-28(26,27)6)12-13-24-18-25(29)14-11-21(24)4/h9-10,12-13,19-20,22,25-27,29H,4,7-8,11,14-18H2,1-3,5-6H3/b10-9+,23-12+,24-13+/t20-,22+,25-,26?,27?,28+/m0/s1. The van der Waals surface area contributed by atoms with Crippen LogP contribution >= 0.6 is 0 Å². The van der Waals surface area contributed by atoms with E-state index in [0.29, 0.717) is 17.3 Å². The zero-order valence-corrected chi connectivity index (χ0v) is 19.6. The lowest BCUT2D eigenvalue weighted by molar-refractivity contribution is 0.112. The van der Waals surface area contributed by atoms with Crippen LogP contribution in [0.1, 0.15) is 86.0 Å². The van der Waals surface area contributed by atoms with Crippen LogP contribution in [0.15, 0.2) is 47.6 Å². The minimum atomic E-state index is -0.182. The van der Waals surface area contributed by atoms with E-state index in [0.717, 1.165) is 37.0 Å². The van der Waals surface area contributed by atoms with Crippen molar-refractivity contribution in [2.75, 3.05) is 0 Å². The molecule has 2 unspecified atom stereocenters. The van der Waals surface area contributed by atoms with Crippen LogP contribution in [0.2, 0.25) is 0 Å². The average Bonchev–Trinajstić information content (AvgIpc) is 3.04. The molecule has 0 radical (unpaired) electrons. The van der Waals surface area contributed by atoms with E-state index < -0.39 is 0 Å². The lowest BCUT2D eigenvalue weighted by Gasteiger charge is -2.44. The zero-order valence-electron chi connectivity index (χ0n) is 19.6.